The van der Waals surface area contributed by atoms with Crippen LogP contribution in [0.3, 0.4) is 0 Å². The Labute approximate surface area is 123 Å². The Morgan fingerprint density at radius 1 is 1.05 bits per heavy atom. The number of hydrogen-bond acceptors (Lipinski definition) is 3. The molecule has 4 atom stereocenters. The Hall–Kier alpha value is -0.590. The van der Waals surface area contributed by atoms with Gasteiger partial charge < -0.3 is 0 Å². The van der Waals surface area contributed by atoms with Crippen LogP contribution in [0.25, 0.3) is 0 Å². The predicted octanol–water partition coefficient (Wildman–Crippen LogP) is 2.87. The second-order valence-electron chi connectivity index (χ2n) is 7.07. The van der Waals surface area contributed by atoms with Crippen molar-refractivity contribution in [2.75, 3.05) is 26.2 Å². The molecule has 20 heavy (non-hydrogen) atoms. The highest BCUT2D eigenvalue weighted by Crippen LogP contribution is 2.35. The Kier molecular flexibility index (Phi) is 4.63. The van der Waals surface area contributed by atoms with Gasteiger partial charge in [-0.05, 0) is 64.1 Å². The van der Waals surface area contributed by atoms with Crippen LogP contribution in [0.2, 0.25) is 0 Å². The SMILES string of the molecule is CCC1CCC(C#N)C(N2CCCN3CCCC3C2)C1. The Balaban J connectivity index is 1.70. The first kappa shape index (κ1) is 14.4. The van der Waals surface area contributed by atoms with Crippen LogP contribution in [-0.2, 0) is 0 Å². The minimum atomic E-state index is 0.283. The Morgan fingerprint density at radius 2 is 1.85 bits per heavy atom. The highest BCUT2D eigenvalue weighted by Gasteiger charge is 2.37. The normalized spacial score (nSPS) is 40.0. The van der Waals surface area contributed by atoms with Gasteiger partial charge in [0.05, 0.1) is 12.0 Å². The molecule has 3 aliphatic rings. The van der Waals surface area contributed by atoms with Crippen LogP contribution in [0.1, 0.15) is 51.9 Å². The quantitative estimate of drug-likeness (QED) is 0.776. The third-order valence-electron chi connectivity index (χ3n) is 5.97. The molecule has 3 rings (SSSR count). The topological polar surface area (TPSA) is 30.3 Å². The van der Waals surface area contributed by atoms with Crippen molar-refractivity contribution in [3.8, 4) is 6.07 Å². The molecule has 4 unspecified atom stereocenters. The van der Waals surface area contributed by atoms with Crippen molar-refractivity contribution in [2.24, 2.45) is 11.8 Å². The predicted molar refractivity (Wildman–Crippen MR) is 81.3 cm³/mol. The van der Waals surface area contributed by atoms with Gasteiger partial charge >= 0.3 is 0 Å². The molecule has 3 nitrogen and oxygen atoms in total. The lowest BCUT2D eigenvalue weighted by Crippen LogP contribution is -2.47. The molecule has 0 amide bonds. The maximum Gasteiger partial charge on any atom is 0.0672 e. The van der Waals surface area contributed by atoms with E-state index in [4.69, 9.17) is 0 Å². The second kappa shape index (κ2) is 6.45. The first-order chi connectivity index (χ1) is 9.81. The molecule has 0 bridgehead atoms. The largest absolute Gasteiger partial charge is 0.299 e. The summed E-state index contributed by atoms with van der Waals surface area (Å²) in [6.07, 6.45) is 9.00. The first-order valence-corrected chi connectivity index (χ1v) is 8.69. The smallest absolute Gasteiger partial charge is 0.0672 e. The van der Waals surface area contributed by atoms with Gasteiger partial charge in [-0.15, -0.1) is 0 Å². The van der Waals surface area contributed by atoms with Crippen LogP contribution >= 0.6 is 0 Å². The minimum absolute atomic E-state index is 0.283. The second-order valence-corrected chi connectivity index (χ2v) is 7.07. The summed E-state index contributed by atoms with van der Waals surface area (Å²) in [5.41, 5.74) is 0. The summed E-state index contributed by atoms with van der Waals surface area (Å²) in [4.78, 5) is 5.40. The molecule has 1 saturated carbocycles. The average Bonchev–Trinajstić information content (AvgIpc) is 2.83. The molecule has 2 aliphatic heterocycles. The lowest BCUT2D eigenvalue weighted by Gasteiger charge is -2.40. The standard InChI is InChI=1S/C17H29N3/c1-2-14-6-7-15(12-18)17(11-14)20-10-4-9-19-8-3-5-16(19)13-20/h14-17H,2-11,13H2,1H3. The summed E-state index contributed by atoms with van der Waals surface area (Å²) in [6.45, 7) is 7.34. The van der Waals surface area contributed by atoms with Gasteiger partial charge in [-0.2, -0.15) is 5.26 Å². The van der Waals surface area contributed by atoms with E-state index in [1.807, 2.05) is 0 Å². The minimum Gasteiger partial charge on any atom is -0.299 e. The van der Waals surface area contributed by atoms with Crippen molar-refractivity contribution < 1.29 is 0 Å². The molecule has 2 saturated heterocycles. The maximum atomic E-state index is 9.52. The molecule has 0 aromatic heterocycles. The van der Waals surface area contributed by atoms with Crippen molar-refractivity contribution in [1.29, 1.82) is 5.26 Å². The molecule has 3 fully saturated rings. The fraction of sp³-hybridized carbons (Fsp3) is 0.941. The van der Waals surface area contributed by atoms with Crippen molar-refractivity contribution in [1.82, 2.24) is 9.80 Å². The van der Waals surface area contributed by atoms with Crippen molar-refractivity contribution in [2.45, 2.75) is 64.0 Å². The monoisotopic (exact) mass is 275 g/mol. The van der Waals surface area contributed by atoms with Crippen molar-refractivity contribution in [3.63, 3.8) is 0 Å². The maximum absolute atomic E-state index is 9.52. The number of nitriles is 1. The van der Waals surface area contributed by atoms with Gasteiger partial charge in [-0.3, -0.25) is 9.80 Å². The molecule has 2 heterocycles. The number of fused-ring (bicyclic) bond motifs is 1. The summed E-state index contributed by atoms with van der Waals surface area (Å²) in [6, 6.07) is 3.94. The average molecular weight is 275 g/mol. The molecular formula is C17H29N3. The third-order valence-corrected chi connectivity index (χ3v) is 5.97. The van der Waals surface area contributed by atoms with Gasteiger partial charge in [0.25, 0.3) is 0 Å². The molecule has 0 N–H and O–H groups in total. The molecule has 112 valence electrons. The summed E-state index contributed by atoms with van der Waals surface area (Å²) in [5.74, 6) is 1.14. The molecule has 0 radical (unpaired) electrons. The number of hydrogen-bond donors (Lipinski definition) is 0. The van der Waals surface area contributed by atoms with Gasteiger partial charge in [0.15, 0.2) is 0 Å². The lowest BCUT2D eigenvalue weighted by atomic mass is 9.77. The molecule has 0 aromatic rings. The van der Waals surface area contributed by atoms with Gasteiger partial charge in [-0.25, -0.2) is 0 Å². The summed E-state index contributed by atoms with van der Waals surface area (Å²) >= 11 is 0. The van der Waals surface area contributed by atoms with Crippen LogP contribution in [0.5, 0.6) is 0 Å². The van der Waals surface area contributed by atoms with Gasteiger partial charge in [0.1, 0.15) is 0 Å². The van der Waals surface area contributed by atoms with E-state index < -0.39 is 0 Å². The fourth-order valence-corrected chi connectivity index (χ4v) is 4.69. The lowest BCUT2D eigenvalue weighted by molar-refractivity contribution is 0.0918. The van der Waals surface area contributed by atoms with E-state index in [-0.39, 0.29) is 5.92 Å². The van der Waals surface area contributed by atoms with E-state index in [9.17, 15) is 5.26 Å². The zero-order valence-corrected chi connectivity index (χ0v) is 12.9. The van der Waals surface area contributed by atoms with Gasteiger partial charge in [0.2, 0.25) is 0 Å². The van der Waals surface area contributed by atoms with Gasteiger partial charge in [0, 0.05) is 18.6 Å². The molecule has 0 aromatic carbocycles. The van der Waals surface area contributed by atoms with Crippen LogP contribution in [0.4, 0.5) is 0 Å². The summed E-state index contributed by atoms with van der Waals surface area (Å²) in [5, 5.41) is 9.52. The highest BCUT2D eigenvalue weighted by molar-refractivity contribution is 4.99. The van der Waals surface area contributed by atoms with Crippen LogP contribution in [0.15, 0.2) is 0 Å². The molecule has 3 heteroatoms. The van der Waals surface area contributed by atoms with E-state index >= 15 is 0 Å². The molecule has 1 aliphatic carbocycles. The molecule has 0 spiro atoms. The Morgan fingerprint density at radius 3 is 2.65 bits per heavy atom. The zero-order chi connectivity index (χ0) is 13.9. The van der Waals surface area contributed by atoms with Crippen LogP contribution in [0, 0.1) is 23.2 Å². The van der Waals surface area contributed by atoms with Crippen molar-refractivity contribution >= 4 is 0 Å². The van der Waals surface area contributed by atoms with E-state index in [0.29, 0.717) is 6.04 Å². The van der Waals surface area contributed by atoms with E-state index in [1.165, 1.54) is 64.7 Å². The van der Waals surface area contributed by atoms with E-state index in [0.717, 1.165) is 18.4 Å². The summed E-state index contributed by atoms with van der Waals surface area (Å²) in [7, 11) is 0. The van der Waals surface area contributed by atoms with Crippen LogP contribution < -0.4 is 0 Å². The number of rotatable bonds is 2. The fourth-order valence-electron chi connectivity index (χ4n) is 4.69. The summed E-state index contributed by atoms with van der Waals surface area (Å²) < 4.78 is 0. The van der Waals surface area contributed by atoms with Gasteiger partial charge in [-0.1, -0.05) is 13.3 Å². The third kappa shape index (κ3) is 2.87. The van der Waals surface area contributed by atoms with E-state index in [2.05, 4.69) is 22.8 Å². The van der Waals surface area contributed by atoms with E-state index in [1.54, 1.807) is 0 Å². The molecular weight excluding hydrogens is 246 g/mol. The van der Waals surface area contributed by atoms with Crippen LogP contribution in [-0.4, -0.2) is 48.1 Å². The van der Waals surface area contributed by atoms with Crippen molar-refractivity contribution in [3.05, 3.63) is 0 Å². The highest BCUT2D eigenvalue weighted by atomic mass is 15.3. The Bertz CT molecular complexity index is 362. The number of nitrogens with zero attached hydrogens (tertiary/aromatic N) is 3. The first-order valence-electron chi connectivity index (χ1n) is 8.69. The zero-order valence-electron chi connectivity index (χ0n) is 12.9.